The number of esters is 1. The Morgan fingerprint density at radius 1 is 1.35 bits per heavy atom. The van der Waals surface area contributed by atoms with Crippen molar-refractivity contribution in [1.82, 2.24) is 0 Å². The molecule has 0 amide bonds. The lowest BCUT2D eigenvalue weighted by Gasteiger charge is -2.18. The number of rotatable bonds is 3. The van der Waals surface area contributed by atoms with Crippen LogP contribution >= 0.6 is 31.9 Å². The molecule has 0 spiro atoms. The van der Waals surface area contributed by atoms with Gasteiger partial charge in [0.1, 0.15) is 11.9 Å². The van der Waals surface area contributed by atoms with Crippen molar-refractivity contribution in [2.45, 2.75) is 12.2 Å². The molecular formula is C10H9Br2FO4. The van der Waals surface area contributed by atoms with Crippen LogP contribution < -0.4 is 0 Å². The molecule has 1 aromatic rings. The molecule has 0 fully saturated rings. The van der Waals surface area contributed by atoms with E-state index in [-0.39, 0.29) is 14.5 Å². The lowest BCUT2D eigenvalue weighted by molar-refractivity contribution is -0.156. The van der Waals surface area contributed by atoms with Crippen molar-refractivity contribution in [2.75, 3.05) is 7.11 Å². The summed E-state index contributed by atoms with van der Waals surface area (Å²) < 4.78 is 17.8. The predicted molar refractivity (Wildman–Crippen MR) is 64.8 cm³/mol. The van der Waals surface area contributed by atoms with E-state index in [1.54, 1.807) is 0 Å². The standard InChI is InChI=1S/C10H9Br2FO4/c1-17-10(16)9(15)8(14)7-5(11)2-4(13)3-6(7)12/h2-3,8-9,14-15H,1H3. The number of carbonyl (C=O) groups is 1. The van der Waals surface area contributed by atoms with Gasteiger partial charge in [-0.15, -0.1) is 0 Å². The maximum atomic E-state index is 13.0. The average Bonchev–Trinajstić information content (AvgIpc) is 2.25. The van der Waals surface area contributed by atoms with Gasteiger partial charge in [-0.2, -0.15) is 0 Å². The summed E-state index contributed by atoms with van der Waals surface area (Å²) in [5.74, 6) is -1.49. The van der Waals surface area contributed by atoms with Gasteiger partial charge in [0.25, 0.3) is 0 Å². The van der Waals surface area contributed by atoms with Crippen LogP contribution in [0.2, 0.25) is 0 Å². The highest BCUT2D eigenvalue weighted by Gasteiger charge is 2.29. The summed E-state index contributed by atoms with van der Waals surface area (Å²) in [4.78, 5) is 11.1. The van der Waals surface area contributed by atoms with Crippen LogP contribution in [0.4, 0.5) is 4.39 Å². The number of ether oxygens (including phenoxy) is 1. The van der Waals surface area contributed by atoms with Crippen LogP contribution in [0, 0.1) is 5.82 Å². The third-order valence-electron chi connectivity index (χ3n) is 2.08. The summed E-state index contributed by atoms with van der Waals surface area (Å²) in [6, 6.07) is 2.24. The van der Waals surface area contributed by atoms with Crippen LogP contribution in [0.25, 0.3) is 0 Å². The Labute approximate surface area is 114 Å². The second-order valence-electron chi connectivity index (χ2n) is 3.20. The number of hydrogen-bond donors (Lipinski definition) is 2. The molecule has 0 aromatic heterocycles. The molecule has 94 valence electrons. The fraction of sp³-hybridized carbons (Fsp3) is 0.300. The molecule has 1 rings (SSSR count). The Kier molecular flexibility index (Phi) is 5.05. The lowest BCUT2D eigenvalue weighted by atomic mass is 10.0. The molecule has 4 nitrogen and oxygen atoms in total. The maximum Gasteiger partial charge on any atom is 0.337 e. The van der Waals surface area contributed by atoms with Crippen molar-refractivity contribution in [1.29, 1.82) is 0 Å². The van der Waals surface area contributed by atoms with Gasteiger partial charge >= 0.3 is 5.97 Å². The molecule has 1 aromatic carbocycles. The van der Waals surface area contributed by atoms with E-state index < -0.39 is 24.0 Å². The average molecular weight is 372 g/mol. The van der Waals surface area contributed by atoms with Gasteiger partial charge in [-0.05, 0) is 12.1 Å². The molecule has 7 heteroatoms. The number of aliphatic hydroxyl groups is 2. The second kappa shape index (κ2) is 5.90. The van der Waals surface area contributed by atoms with E-state index in [9.17, 15) is 19.4 Å². The second-order valence-corrected chi connectivity index (χ2v) is 4.90. The smallest absolute Gasteiger partial charge is 0.337 e. The quantitative estimate of drug-likeness (QED) is 0.796. The number of halogens is 3. The number of aliphatic hydroxyl groups excluding tert-OH is 2. The third-order valence-corrected chi connectivity index (χ3v) is 3.39. The van der Waals surface area contributed by atoms with Gasteiger partial charge in [-0.1, -0.05) is 31.9 Å². The minimum Gasteiger partial charge on any atom is -0.467 e. The molecular weight excluding hydrogens is 363 g/mol. The Morgan fingerprint density at radius 2 is 1.82 bits per heavy atom. The van der Waals surface area contributed by atoms with Crippen LogP contribution in [0.5, 0.6) is 0 Å². The molecule has 0 radical (unpaired) electrons. The van der Waals surface area contributed by atoms with Gasteiger partial charge in [0.15, 0.2) is 6.10 Å². The Balaban J connectivity index is 3.12. The Bertz CT molecular complexity index is 415. The van der Waals surface area contributed by atoms with Gasteiger partial charge in [0, 0.05) is 14.5 Å². The van der Waals surface area contributed by atoms with Crippen molar-refractivity contribution < 1.29 is 24.1 Å². The minimum atomic E-state index is -1.74. The zero-order valence-corrected chi connectivity index (χ0v) is 11.8. The van der Waals surface area contributed by atoms with Gasteiger partial charge < -0.3 is 14.9 Å². The number of benzene rings is 1. The van der Waals surface area contributed by atoms with E-state index in [1.807, 2.05) is 0 Å². The van der Waals surface area contributed by atoms with Gasteiger partial charge in [0.05, 0.1) is 7.11 Å². The summed E-state index contributed by atoms with van der Waals surface area (Å²) in [6.45, 7) is 0. The fourth-order valence-electron chi connectivity index (χ4n) is 1.24. The predicted octanol–water partition coefficient (Wildman–Crippen LogP) is 1.92. The molecule has 0 aliphatic rings. The van der Waals surface area contributed by atoms with E-state index in [4.69, 9.17) is 0 Å². The van der Waals surface area contributed by atoms with E-state index in [0.29, 0.717) is 0 Å². The van der Waals surface area contributed by atoms with Gasteiger partial charge in [-0.25, -0.2) is 9.18 Å². The Morgan fingerprint density at radius 3 is 2.24 bits per heavy atom. The third kappa shape index (κ3) is 3.25. The van der Waals surface area contributed by atoms with Crippen LogP contribution in [-0.2, 0) is 9.53 Å². The number of methoxy groups -OCH3 is 1. The molecule has 17 heavy (non-hydrogen) atoms. The summed E-state index contributed by atoms with van der Waals surface area (Å²) in [5.41, 5.74) is 0.171. The first kappa shape index (κ1) is 14.6. The molecule has 0 aliphatic heterocycles. The van der Waals surface area contributed by atoms with Crippen molar-refractivity contribution in [3.8, 4) is 0 Å². The zero-order chi connectivity index (χ0) is 13.2. The van der Waals surface area contributed by atoms with Crippen molar-refractivity contribution in [3.63, 3.8) is 0 Å². The number of carbonyl (C=O) groups excluding carboxylic acids is 1. The summed E-state index contributed by atoms with van der Waals surface area (Å²) in [6.07, 6.45) is -3.26. The molecule has 2 N–H and O–H groups in total. The van der Waals surface area contributed by atoms with Crippen LogP contribution in [0.3, 0.4) is 0 Å². The van der Waals surface area contributed by atoms with Crippen LogP contribution in [-0.4, -0.2) is 29.4 Å². The molecule has 0 aliphatic carbocycles. The molecule has 2 atom stereocenters. The number of hydrogen-bond acceptors (Lipinski definition) is 4. The summed E-state index contributed by atoms with van der Waals surface area (Å²) >= 11 is 6.09. The van der Waals surface area contributed by atoms with E-state index in [2.05, 4.69) is 36.6 Å². The normalized spacial score (nSPS) is 14.2. The van der Waals surface area contributed by atoms with E-state index in [0.717, 1.165) is 19.2 Å². The SMILES string of the molecule is COC(=O)C(O)C(O)c1c(Br)cc(F)cc1Br. The minimum absolute atomic E-state index is 0.171. The molecule has 0 saturated heterocycles. The Hall–Kier alpha value is -0.500. The summed E-state index contributed by atoms with van der Waals surface area (Å²) in [7, 11) is 1.09. The molecule has 2 unspecified atom stereocenters. The molecule has 0 heterocycles. The zero-order valence-electron chi connectivity index (χ0n) is 8.65. The van der Waals surface area contributed by atoms with Crippen molar-refractivity contribution in [3.05, 3.63) is 32.5 Å². The monoisotopic (exact) mass is 370 g/mol. The van der Waals surface area contributed by atoms with Crippen molar-refractivity contribution in [2.24, 2.45) is 0 Å². The maximum absolute atomic E-state index is 13.0. The summed E-state index contributed by atoms with van der Waals surface area (Å²) in [5, 5.41) is 19.3. The first-order chi connectivity index (χ1) is 7.88. The largest absolute Gasteiger partial charge is 0.467 e. The van der Waals surface area contributed by atoms with Gasteiger partial charge in [-0.3, -0.25) is 0 Å². The van der Waals surface area contributed by atoms with E-state index >= 15 is 0 Å². The van der Waals surface area contributed by atoms with Crippen molar-refractivity contribution >= 4 is 37.8 Å². The van der Waals surface area contributed by atoms with Gasteiger partial charge in [0.2, 0.25) is 0 Å². The highest BCUT2D eigenvalue weighted by molar-refractivity contribution is 9.11. The molecule has 0 bridgehead atoms. The highest BCUT2D eigenvalue weighted by Crippen LogP contribution is 2.33. The highest BCUT2D eigenvalue weighted by atomic mass is 79.9. The molecule has 0 saturated carbocycles. The lowest BCUT2D eigenvalue weighted by Crippen LogP contribution is -2.29. The van der Waals surface area contributed by atoms with Crippen LogP contribution in [0.15, 0.2) is 21.1 Å². The topological polar surface area (TPSA) is 66.8 Å². The van der Waals surface area contributed by atoms with E-state index in [1.165, 1.54) is 0 Å². The first-order valence-electron chi connectivity index (χ1n) is 4.47. The first-order valence-corrected chi connectivity index (χ1v) is 6.05. The fourth-order valence-corrected chi connectivity index (χ4v) is 2.84. The van der Waals surface area contributed by atoms with Crippen LogP contribution in [0.1, 0.15) is 11.7 Å².